The molecule has 21 heavy (non-hydrogen) atoms. The molecule has 3 rings (SSSR count). The number of ether oxygens (including phenoxy) is 1. The monoisotopic (exact) mass is 301 g/mol. The summed E-state index contributed by atoms with van der Waals surface area (Å²) in [7, 11) is 1.32. The number of esters is 1. The molecule has 0 aliphatic rings. The summed E-state index contributed by atoms with van der Waals surface area (Å²) in [5.74, 6) is -0.643. The van der Waals surface area contributed by atoms with Crippen LogP contribution in [-0.4, -0.2) is 28.4 Å². The van der Waals surface area contributed by atoms with Gasteiger partial charge in [0.15, 0.2) is 4.96 Å². The molecule has 1 aromatic carbocycles. The summed E-state index contributed by atoms with van der Waals surface area (Å²) in [4.78, 5) is 28.4. The van der Waals surface area contributed by atoms with E-state index in [9.17, 15) is 9.59 Å². The number of aromatic nitrogens is 2. The number of carbonyl (C=O) groups excluding carboxylic acids is 2. The predicted octanol–water partition coefficient (Wildman–Crippen LogP) is 2.43. The van der Waals surface area contributed by atoms with Gasteiger partial charge in [0.25, 0.3) is 5.91 Å². The fourth-order valence-electron chi connectivity index (χ4n) is 1.89. The minimum Gasteiger partial charge on any atom is -0.465 e. The number of hydrogen-bond acceptors (Lipinski definition) is 5. The largest absolute Gasteiger partial charge is 0.465 e. The van der Waals surface area contributed by atoms with Crippen molar-refractivity contribution in [1.82, 2.24) is 9.38 Å². The summed E-state index contributed by atoms with van der Waals surface area (Å²) in [6.45, 7) is 0. The first kappa shape index (κ1) is 13.3. The lowest BCUT2D eigenvalue weighted by Gasteiger charge is -2.05. The third-order valence-electron chi connectivity index (χ3n) is 2.94. The average Bonchev–Trinajstić information content (AvgIpc) is 3.09. The molecular weight excluding hydrogens is 290 g/mol. The Hall–Kier alpha value is -2.67. The smallest absolute Gasteiger partial charge is 0.337 e. The number of anilines is 1. The van der Waals surface area contributed by atoms with Crippen LogP contribution in [0, 0.1) is 0 Å². The van der Waals surface area contributed by atoms with Gasteiger partial charge in [-0.15, -0.1) is 11.3 Å². The van der Waals surface area contributed by atoms with Crippen molar-refractivity contribution in [3.63, 3.8) is 0 Å². The molecule has 0 aliphatic heterocycles. The maximum Gasteiger partial charge on any atom is 0.337 e. The molecule has 0 fully saturated rings. The van der Waals surface area contributed by atoms with Crippen molar-refractivity contribution in [1.29, 1.82) is 0 Å². The number of nitrogens with zero attached hydrogens (tertiary/aromatic N) is 2. The molecule has 0 saturated heterocycles. The van der Waals surface area contributed by atoms with Gasteiger partial charge in [-0.05, 0) is 24.3 Å². The number of benzene rings is 1. The molecular formula is C14H11N3O3S. The molecule has 7 heteroatoms. The molecule has 0 unspecified atom stereocenters. The van der Waals surface area contributed by atoms with E-state index in [0.717, 1.165) is 4.96 Å². The van der Waals surface area contributed by atoms with Crippen molar-refractivity contribution < 1.29 is 14.3 Å². The summed E-state index contributed by atoms with van der Waals surface area (Å²) in [6.07, 6.45) is 3.38. The summed E-state index contributed by atoms with van der Waals surface area (Å²) in [5.41, 5.74) is 1.56. The zero-order valence-electron chi connectivity index (χ0n) is 11.1. The number of thiazole rings is 1. The van der Waals surface area contributed by atoms with Gasteiger partial charge in [0.2, 0.25) is 0 Å². The van der Waals surface area contributed by atoms with E-state index in [1.807, 2.05) is 0 Å². The molecule has 2 aromatic heterocycles. The molecule has 106 valence electrons. The van der Waals surface area contributed by atoms with Crippen LogP contribution < -0.4 is 5.32 Å². The zero-order chi connectivity index (χ0) is 14.8. The standard InChI is InChI=1S/C14H11N3O3S/c1-20-13(19)9-2-4-10(5-3-9)16-12(18)11-8-21-14-15-6-7-17(11)14/h2-8H,1H3,(H,16,18). The number of nitrogens with one attached hydrogen (secondary N) is 1. The maximum absolute atomic E-state index is 12.2. The van der Waals surface area contributed by atoms with Crippen molar-refractivity contribution in [2.24, 2.45) is 0 Å². The Balaban J connectivity index is 1.79. The van der Waals surface area contributed by atoms with Gasteiger partial charge in [-0.2, -0.15) is 0 Å². The van der Waals surface area contributed by atoms with Crippen molar-refractivity contribution in [3.8, 4) is 0 Å². The van der Waals surface area contributed by atoms with E-state index in [1.165, 1.54) is 18.4 Å². The minimum absolute atomic E-state index is 0.231. The third-order valence-corrected chi connectivity index (χ3v) is 3.79. The number of amides is 1. The first-order valence-electron chi connectivity index (χ1n) is 6.09. The maximum atomic E-state index is 12.2. The van der Waals surface area contributed by atoms with Gasteiger partial charge in [-0.25, -0.2) is 9.78 Å². The number of rotatable bonds is 3. The molecule has 0 bridgehead atoms. The van der Waals surface area contributed by atoms with Crippen LogP contribution in [0.1, 0.15) is 20.8 Å². The van der Waals surface area contributed by atoms with E-state index in [0.29, 0.717) is 16.9 Å². The first-order chi connectivity index (χ1) is 10.2. The Bertz CT molecular complexity index is 804. The van der Waals surface area contributed by atoms with Gasteiger partial charge in [0.05, 0.1) is 12.7 Å². The first-order valence-corrected chi connectivity index (χ1v) is 6.97. The van der Waals surface area contributed by atoms with Crippen LogP contribution in [0.3, 0.4) is 0 Å². The minimum atomic E-state index is -0.411. The van der Waals surface area contributed by atoms with Crippen LogP contribution in [0.15, 0.2) is 42.0 Å². The van der Waals surface area contributed by atoms with E-state index in [4.69, 9.17) is 0 Å². The number of hydrogen-bond donors (Lipinski definition) is 1. The second kappa shape index (κ2) is 5.37. The number of carbonyl (C=O) groups is 2. The number of methoxy groups -OCH3 is 1. The Morgan fingerprint density at radius 2 is 2.05 bits per heavy atom. The van der Waals surface area contributed by atoms with E-state index in [2.05, 4.69) is 15.0 Å². The third kappa shape index (κ3) is 2.50. The molecule has 0 atom stereocenters. The zero-order valence-corrected chi connectivity index (χ0v) is 11.9. The van der Waals surface area contributed by atoms with E-state index in [-0.39, 0.29) is 5.91 Å². The molecule has 0 radical (unpaired) electrons. The van der Waals surface area contributed by atoms with Crippen LogP contribution in [0.4, 0.5) is 5.69 Å². The quantitative estimate of drug-likeness (QED) is 0.754. The molecule has 0 spiro atoms. The Labute approximate surface area is 124 Å². The Morgan fingerprint density at radius 3 is 2.76 bits per heavy atom. The summed E-state index contributed by atoms with van der Waals surface area (Å²) in [5, 5.41) is 4.53. The van der Waals surface area contributed by atoms with Crippen molar-refractivity contribution >= 4 is 33.9 Å². The molecule has 1 amide bonds. The second-order valence-electron chi connectivity index (χ2n) is 4.22. The molecule has 3 aromatic rings. The summed E-state index contributed by atoms with van der Waals surface area (Å²) >= 11 is 1.40. The summed E-state index contributed by atoms with van der Waals surface area (Å²) < 4.78 is 6.35. The topological polar surface area (TPSA) is 72.7 Å². The van der Waals surface area contributed by atoms with Crippen molar-refractivity contribution in [2.75, 3.05) is 12.4 Å². The molecule has 0 aliphatic carbocycles. The number of fused-ring (bicyclic) bond motifs is 1. The number of imidazole rings is 1. The highest BCUT2D eigenvalue weighted by molar-refractivity contribution is 7.15. The van der Waals surface area contributed by atoms with Crippen molar-refractivity contribution in [3.05, 3.63) is 53.3 Å². The van der Waals surface area contributed by atoms with E-state index >= 15 is 0 Å². The van der Waals surface area contributed by atoms with Gasteiger partial charge in [-0.3, -0.25) is 9.20 Å². The van der Waals surface area contributed by atoms with Crippen LogP contribution in [-0.2, 0) is 4.74 Å². The highest BCUT2D eigenvalue weighted by Gasteiger charge is 2.13. The predicted molar refractivity (Wildman–Crippen MR) is 78.8 cm³/mol. The van der Waals surface area contributed by atoms with Gasteiger partial charge in [-0.1, -0.05) is 0 Å². The molecule has 2 heterocycles. The summed E-state index contributed by atoms with van der Waals surface area (Å²) in [6, 6.07) is 6.51. The molecule has 0 saturated carbocycles. The highest BCUT2D eigenvalue weighted by Crippen LogP contribution is 2.17. The fraction of sp³-hybridized carbons (Fsp3) is 0.0714. The van der Waals surface area contributed by atoms with Gasteiger partial charge in [0.1, 0.15) is 5.69 Å². The van der Waals surface area contributed by atoms with Crippen molar-refractivity contribution in [2.45, 2.75) is 0 Å². The van der Waals surface area contributed by atoms with E-state index < -0.39 is 5.97 Å². The van der Waals surface area contributed by atoms with Gasteiger partial charge >= 0.3 is 5.97 Å². The second-order valence-corrected chi connectivity index (χ2v) is 5.06. The van der Waals surface area contributed by atoms with E-state index in [1.54, 1.807) is 46.4 Å². The highest BCUT2D eigenvalue weighted by atomic mass is 32.1. The lowest BCUT2D eigenvalue weighted by atomic mass is 10.2. The average molecular weight is 301 g/mol. The lowest BCUT2D eigenvalue weighted by Crippen LogP contribution is -2.14. The fourth-order valence-corrected chi connectivity index (χ4v) is 2.72. The van der Waals surface area contributed by atoms with Gasteiger partial charge in [0, 0.05) is 23.5 Å². The lowest BCUT2D eigenvalue weighted by molar-refractivity contribution is 0.0600. The van der Waals surface area contributed by atoms with Crippen LogP contribution >= 0.6 is 11.3 Å². The van der Waals surface area contributed by atoms with Gasteiger partial charge < -0.3 is 10.1 Å². The molecule has 6 nitrogen and oxygen atoms in total. The van der Waals surface area contributed by atoms with Crippen LogP contribution in [0.2, 0.25) is 0 Å². The van der Waals surface area contributed by atoms with Crippen LogP contribution in [0.5, 0.6) is 0 Å². The Kier molecular flexibility index (Phi) is 3.41. The normalized spacial score (nSPS) is 10.5. The Morgan fingerprint density at radius 1 is 1.29 bits per heavy atom. The van der Waals surface area contributed by atoms with Crippen LogP contribution in [0.25, 0.3) is 4.96 Å². The molecule has 1 N–H and O–H groups in total. The SMILES string of the molecule is COC(=O)c1ccc(NC(=O)c2csc3nccn23)cc1.